The lowest BCUT2D eigenvalue weighted by Crippen LogP contribution is -2.09. The third-order valence-electron chi connectivity index (χ3n) is 2.79. The first-order valence-electron chi connectivity index (χ1n) is 5.91. The molecule has 1 heterocycles. The van der Waals surface area contributed by atoms with Gasteiger partial charge < -0.3 is 15.8 Å². The van der Waals surface area contributed by atoms with Crippen LogP contribution < -0.4 is 5.73 Å². The molecule has 104 valence electrons. The van der Waals surface area contributed by atoms with Crippen LogP contribution in [0.25, 0.3) is 0 Å². The number of hydrogen-bond donors (Lipinski definition) is 2. The van der Waals surface area contributed by atoms with Gasteiger partial charge in [0.15, 0.2) is 5.17 Å². The summed E-state index contributed by atoms with van der Waals surface area (Å²) in [5.41, 5.74) is 7.08. The molecule has 3 N–H and O–H groups in total. The molecule has 0 amide bonds. The number of aromatic nitrogens is 1. The fourth-order valence-corrected chi connectivity index (χ4v) is 2.44. The Morgan fingerprint density at radius 2 is 2.00 bits per heavy atom. The maximum Gasteiger partial charge on any atom is 0.323 e. The lowest BCUT2D eigenvalue weighted by atomic mass is 10.2. The molecule has 6 nitrogen and oxygen atoms in total. The molecular weight excluding hydrogens is 276 g/mol. The summed E-state index contributed by atoms with van der Waals surface area (Å²) < 4.78 is 1.64. The van der Waals surface area contributed by atoms with E-state index in [0.717, 1.165) is 23.0 Å². The normalized spacial score (nSPS) is 10.4. The SMILES string of the molecule is N=C(N)SCc1ccc([N+](=O)[O-])n1Cc1ccccc1. The van der Waals surface area contributed by atoms with Crippen LogP contribution in [-0.4, -0.2) is 14.7 Å². The molecule has 2 rings (SSSR count). The maximum absolute atomic E-state index is 11.1. The van der Waals surface area contributed by atoms with Crippen LogP contribution in [0.4, 0.5) is 5.82 Å². The molecule has 0 spiro atoms. The quantitative estimate of drug-likeness (QED) is 0.382. The Morgan fingerprint density at radius 1 is 1.30 bits per heavy atom. The second kappa shape index (κ2) is 6.25. The van der Waals surface area contributed by atoms with Gasteiger partial charge in [-0.25, -0.2) is 4.57 Å². The number of nitrogens with one attached hydrogen (secondary N) is 1. The molecule has 0 radical (unpaired) electrons. The summed E-state index contributed by atoms with van der Waals surface area (Å²) in [7, 11) is 0. The molecule has 0 atom stereocenters. The second-order valence-electron chi connectivity index (χ2n) is 4.16. The molecular formula is C13H14N4O2S. The first kappa shape index (κ1) is 14.1. The Morgan fingerprint density at radius 3 is 2.60 bits per heavy atom. The van der Waals surface area contributed by atoms with Gasteiger partial charge in [0.1, 0.15) is 12.2 Å². The van der Waals surface area contributed by atoms with Crippen LogP contribution in [0, 0.1) is 15.5 Å². The highest BCUT2D eigenvalue weighted by Crippen LogP contribution is 2.22. The van der Waals surface area contributed by atoms with E-state index in [1.54, 1.807) is 10.6 Å². The second-order valence-corrected chi connectivity index (χ2v) is 5.18. The number of rotatable bonds is 5. The molecule has 0 aliphatic rings. The summed E-state index contributed by atoms with van der Waals surface area (Å²) in [6, 6.07) is 12.7. The van der Waals surface area contributed by atoms with E-state index in [2.05, 4.69) is 0 Å². The number of nitrogens with zero attached hydrogens (tertiary/aromatic N) is 2. The van der Waals surface area contributed by atoms with Gasteiger partial charge in [-0.1, -0.05) is 42.1 Å². The Balaban J connectivity index is 2.29. The minimum atomic E-state index is -0.398. The van der Waals surface area contributed by atoms with Crippen molar-refractivity contribution in [3.8, 4) is 0 Å². The van der Waals surface area contributed by atoms with Crippen molar-refractivity contribution in [1.29, 1.82) is 5.41 Å². The summed E-state index contributed by atoms with van der Waals surface area (Å²) in [5.74, 6) is 0.490. The zero-order valence-corrected chi connectivity index (χ0v) is 11.5. The Labute approximate surface area is 120 Å². The highest BCUT2D eigenvalue weighted by Gasteiger charge is 2.18. The van der Waals surface area contributed by atoms with E-state index in [1.807, 2.05) is 30.3 Å². The number of benzene rings is 1. The van der Waals surface area contributed by atoms with Gasteiger partial charge in [-0.2, -0.15) is 0 Å². The highest BCUT2D eigenvalue weighted by atomic mass is 32.2. The van der Waals surface area contributed by atoms with E-state index in [1.165, 1.54) is 6.07 Å². The summed E-state index contributed by atoms with van der Waals surface area (Å²) in [6.45, 7) is 0.429. The third-order valence-corrected chi connectivity index (χ3v) is 3.55. The van der Waals surface area contributed by atoms with E-state index < -0.39 is 4.92 Å². The number of thioether (sulfide) groups is 1. The molecule has 2 aromatic rings. The van der Waals surface area contributed by atoms with E-state index in [-0.39, 0.29) is 11.0 Å². The molecule has 7 heteroatoms. The lowest BCUT2D eigenvalue weighted by Gasteiger charge is -2.06. The highest BCUT2D eigenvalue weighted by molar-refractivity contribution is 8.13. The van der Waals surface area contributed by atoms with Gasteiger partial charge in [0, 0.05) is 6.07 Å². The van der Waals surface area contributed by atoms with Gasteiger partial charge in [-0.3, -0.25) is 5.41 Å². The first-order valence-corrected chi connectivity index (χ1v) is 6.90. The molecule has 0 aliphatic carbocycles. The standard InChI is InChI=1S/C13H14N4O2S/c14-13(15)20-9-11-6-7-12(17(18)19)16(11)8-10-4-2-1-3-5-10/h1-7H,8-9H2,(H3,14,15). The summed E-state index contributed by atoms with van der Waals surface area (Å²) in [5, 5.41) is 18.3. The van der Waals surface area contributed by atoms with E-state index >= 15 is 0 Å². The van der Waals surface area contributed by atoms with Crippen LogP contribution >= 0.6 is 11.8 Å². The zero-order chi connectivity index (χ0) is 14.5. The molecule has 0 saturated heterocycles. The average Bonchev–Trinajstić information content (AvgIpc) is 2.80. The molecule has 0 fully saturated rings. The maximum atomic E-state index is 11.1. The number of nitro groups is 1. The molecule has 0 aliphatic heterocycles. The predicted molar refractivity (Wildman–Crippen MR) is 79.8 cm³/mol. The number of amidine groups is 1. The van der Waals surface area contributed by atoms with Gasteiger partial charge in [0.05, 0.1) is 5.75 Å². The van der Waals surface area contributed by atoms with Crippen LogP contribution in [-0.2, 0) is 12.3 Å². The fraction of sp³-hybridized carbons (Fsp3) is 0.154. The molecule has 1 aromatic heterocycles. The van der Waals surface area contributed by atoms with Crippen LogP contribution in [0.15, 0.2) is 42.5 Å². The van der Waals surface area contributed by atoms with Gasteiger partial charge in [-0.15, -0.1) is 0 Å². The Bertz CT molecular complexity index is 625. The molecule has 0 saturated carbocycles. The number of hydrogen-bond acceptors (Lipinski definition) is 4. The zero-order valence-electron chi connectivity index (χ0n) is 10.7. The molecule has 0 bridgehead atoms. The van der Waals surface area contributed by atoms with Crippen molar-refractivity contribution in [3.05, 3.63) is 63.8 Å². The van der Waals surface area contributed by atoms with Crippen molar-refractivity contribution in [2.24, 2.45) is 5.73 Å². The molecule has 1 aromatic carbocycles. The van der Waals surface area contributed by atoms with Gasteiger partial charge in [0.25, 0.3) is 0 Å². The van der Waals surface area contributed by atoms with Gasteiger partial charge in [0.2, 0.25) is 0 Å². The lowest BCUT2D eigenvalue weighted by molar-refractivity contribution is -0.392. The van der Waals surface area contributed by atoms with Gasteiger partial charge >= 0.3 is 5.82 Å². The van der Waals surface area contributed by atoms with Crippen LogP contribution in [0.2, 0.25) is 0 Å². The first-order chi connectivity index (χ1) is 9.58. The minimum absolute atomic E-state index is 0.000106. The van der Waals surface area contributed by atoms with Crippen LogP contribution in [0.3, 0.4) is 0 Å². The van der Waals surface area contributed by atoms with Crippen LogP contribution in [0.1, 0.15) is 11.3 Å². The third kappa shape index (κ3) is 3.39. The fourth-order valence-electron chi connectivity index (χ4n) is 1.88. The summed E-state index contributed by atoms with van der Waals surface area (Å²) in [6.07, 6.45) is 0. The van der Waals surface area contributed by atoms with Crippen LogP contribution in [0.5, 0.6) is 0 Å². The average molecular weight is 290 g/mol. The monoisotopic (exact) mass is 290 g/mol. The van der Waals surface area contributed by atoms with Crippen molar-refractivity contribution >= 4 is 22.7 Å². The smallest absolute Gasteiger partial charge is 0.323 e. The van der Waals surface area contributed by atoms with E-state index in [0.29, 0.717) is 12.3 Å². The largest absolute Gasteiger partial charge is 0.379 e. The van der Waals surface area contributed by atoms with Crippen molar-refractivity contribution in [3.63, 3.8) is 0 Å². The minimum Gasteiger partial charge on any atom is -0.379 e. The topological polar surface area (TPSA) is 97.9 Å². The van der Waals surface area contributed by atoms with Crippen molar-refractivity contribution in [1.82, 2.24) is 4.57 Å². The number of nitrogens with two attached hydrogens (primary N) is 1. The summed E-state index contributed by atoms with van der Waals surface area (Å²) >= 11 is 1.15. The van der Waals surface area contributed by atoms with Crippen molar-refractivity contribution in [2.75, 3.05) is 0 Å². The predicted octanol–water partition coefficient (Wildman–Crippen LogP) is 2.57. The van der Waals surface area contributed by atoms with E-state index in [4.69, 9.17) is 11.1 Å². The Kier molecular flexibility index (Phi) is 4.41. The Hall–Kier alpha value is -2.28. The molecule has 20 heavy (non-hydrogen) atoms. The molecule has 0 unspecified atom stereocenters. The van der Waals surface area contributed by atoms with Gasteiger partial charge in [-0.05, 0) is 16.6 Å². The summed E-state index contributed by atoms with van der Waals surface area (Å²) in [4.78, 5) is 10.7. The van der Waals surface area contributed by atoms with Crippen molar-refractivity contribution in [2.45, 2.75) is 12.3 Å². The van der Waals surface area contributed by atoms with Crippen molar-refractivity contribution < 1.29 is 4.92 Å². The van der Waals surface area contributed by atoms with E-state index in [9.17, 15) is 10.1 Å².